The van der Waals surface area contributed by atoms with Gasteiger partial charge in [0.2, 0.25) is 0 Å². The predicted octanol–water partition coefficient (Wildman–Crippen LogP) is 4.10. The van der Waals surface area contributed by atoms with Crippen LogP contribution in [0.5, 0.6) is 5.75 Å². The first-order valence-corrected chi connectivity index (χ1v) is 10.3. The fourth-order valence-electron chi connectivity index (χ4n) is 4.52. The van der Waals surface area contributed by atoms with E-state index in [1.54, 1.807) is 4.90 Å². The van der Waals surface area contributed by atoms with E-state index in [2.05, 4.69) is 0 Å². The van der Waals surface area contributed by atoms with Gasteiger partial charge < -0.3 is 19.3 Å². The van der Waals surface area contributed by atoms with E-state index in [1.807, 2.05) is 30.3 Å². The maximum atomic E-state index is 13.5. The standard InChI is InChI=1S/C23H24F3NO5/c1-30-20-8-7-16(9-19(20)23(24,25)26)22(29)10-17-13-31-14-18(11-22)27(17)21(28)32-12-15-5-3-2-4-6-15/h2-9,17-18,29H,10-14H2,1H3. The Labute approximate surface area is 183 Å². The van der Waals surface area contributed by atoms with Gasteiger partial charge in [0.15, 0.2) is 0 Å². The number of methoxy groups -OCH3 is 1. The van der Waals surface area contributed by atoms with Crippen LogP contribution < -0.4 is 4.74 Å². The Hall–Kier alpha value is -2.78. The average Bonchev–Trinajstić information content (AvgIpc) is 2.76. The molecule has 2 heterocycles. The summed E-state index contributed by atoms with van der Waals surface area (Å²) in [6.45, 7) is 0.442. The highest BCUT2D eigenvalue weighted by molar-refractivity contribution is 5.69. The van der Waals surface area contributed by atoms with E-state index in [1.165, 1.54) is 19.2 Å². The Kier molecular flexibility index (Phi) is 6.05. The molecule has 32 heavy (non-hydrogen) atoms. The third kappa shape index (κ3) is 4.40. The third-order valence-electron chi connectivity index (χ3n) is 6.01. The number of halogens is 3. The summed E-state index contributed by atoms with van der Waals surface area (Å²) < 4.78 is 56.3. The summed E-state index contributed by atoms with van der Waals surface area (Å²) in [5.41, 5.74) is -1.51. The molecule has 1 amide bonds. The van der Waals surface area contributed by atoms with Crippen LogP contribution in [0, 0.1) is 0 Å². The van der Waals surface area contributed by atoms with Gasteiger partial charge in [-0.05, 0) is 23.3 Å². The first-order chi connectivity index (χ1) is 15.2. The number of piperidine rings is 1. The van der Waals surface area contributed by atoms with E-state index < -0.39 is 35.5 Å². The fraction of sp³-hybridized carbons (Fsp3) is 0.435. The number of hydrogen-bond acceptors (Lipinski definition) is 5. The molecular formula is C23H24F3NO5. The molecule has 0 aliphatic carbocycles. The van der Waals surface area contributed by atoms with Crippen molar-refractivity contribution in [1.29, 1.82) is 0 Å². The first kappa shape index (κ1) is 22.4. The van der Waals surface area contributed by atoms with Crippen molar-refractivity contribution in [2.75, 3.05) is 20.3 Å². The highest BCUT2D eigenvalue weighted by Crippen LogP contribution is 2.44. The molecule has 0 aromatic heterocycles. The molecule has 2 saturated heterocycles. The van der Waals surface area contributed by atoms with Crippen LogP contribution in [0.2, 0.25) is 0 Å². The van der Waals surface area contributed by atoms with Crippen LogP contribution in [-0.2, 0) is 27.9 Å². The van der Waals surface area contributed by atoms with Gasteiger partial charge >= 0.3 is 12.3 Å². The molecule has 2 unspecified atom stereocenters. The van der Waals surface area contributed by atoms with Crippen LogP contribution in [0.3, 0.4) is 0 Å². The van der Waals surface area contributed by atoms with Gasteiger partial charge in [0, 0.05) is 12.8 Å². The second-order valence-corrected chi connectivity index (χ2v) is 8.15. The van der Waals surface area contributed by atoms with Crippen molar-refractivity contribution >= 4 is 6.09 Å². The van der Waals surface area contributed by atoms with Gasteiger partial charge in [-0.15, -0.1) is 0 Å². The Morgan fingerprint density at radius 3 is 2.41 bits per heavy atom. The van der Waals surface area contributed by atoms with Crippen molar-refractivity contribution in [3.05, 3.63) is 65.2 Å². The number of alkyl halides is 3. The van der Waals surface area contributed by atoms with Crippen LogP contribution in [-0.4, -0.2) is 48.5 Å². The minimum atomic E-state index is -4.63. The maximum absolute atomic E-state index is 13.5. The second-order valence-electron chi connectivity index (χ2n) is 8.15. The molecule has 2 aromatic carbocycles. The number of morpholine rings is 1. The minimum absolute atomic E-state index is 0.0353. The topological polar surface area (TPSA) is 68.2 Å². The maximum Gasteiger partial charge on any atom is 0.419 e. The summed E-state index contributed by atoms with van der Waals surface area (Å²) >= 11 is 0. The number of rotatable bonds is 4. The van der Waals surface area contributed by atoms with Gasteiger partial charge in [0.05, 0.1) is 43.6 Å². The highest BCUT2D eigenvalue weighted by atomic mass is 19.4. The molecule has 2 atom stereocenters. The summed E-state index contributed by atoms with van der Waals surface area (Å²) in [5.74, 6) is -0.310. The van der Waals surface area contributed by atoms with Crippen LogP contribution in [0.25, 0.3) is 0 Å². The lowest BCUT2D eigenvalue weighted by molar-refractivity contribution is -0.141. The predicted molar refractivity (Wildman–Crippen MR) is 108 cm³/mol. The van der Waals surface area contributed by atoms with Crippen LogP contribution in [0.15, 0.2) is 48.5 Å². The smallest absolute Gasteiger partial charge is 0.419 e. The zero-order valence-electron chi connectivity index (χ0n) is 17.5. The summed E-state index contributed by atoms with van der Waals surface area (Å²) in [5, 5.41) is 11.4. The minimum Gasteiger partial charge on any atom is -0.496 e. The van der Waals surface area contributed by atoms with E-state index >= 15 is 0 Å². The molecule has 172 valence electrons. The number of carbonyl (C=O) groups is 1. The molecule has 0 spiro atoms. The Bertz CT molecular complexity index is 952. The number of fused-ring (bicyclic) bond motifs is 2. The molecular weight excluding hydrogens is 427 g/mol. The summed E-state index contributed by atoms with van der Waals surface area (Å²) in [6.07, 6.45) is -5.08. The van der Waals surface area contributed by atoms with Gasteiger partial charge in [-0.2, -0.15) is 13.2 Å². The van der Waals surface area contributed by atoms with Gasteiger partial charge in [-0.25, -0.2) is 4.79 Å². The Morgan fingerprint density at radius 2 is 1.81 bits per heavy atom. The Balaban J connectivity index is 1.54. The quantitative estimate of drug-likeness (QED) is 0.758. The summed E-state index contributed by atoms with van der Waals surface area (Å²) in [4.78, 5) is 14.4. The molecule has 6 nitrogen and oxygen atoms in total. The summed E-state index contributed by atoms with van der Waals surface area (Å²) in [7, 11) is 1.17. The molecule has 2 fully saturated rings. The second kappa shape index (κ2) is 8.63. The number of hydrogen-bond donors (Lipinski definition) is 1. The van der Waals surface area contributed by atoms with Crippen LogP contribution in [0.4, 0.5) is 18.0 Å². The first-order valence-electron chi connectivity index (χ1n) is 10.3. The number of carbonyl (C=O) groups excluding carboxylic acids is 1. The largest absolute Gasteiger partial charge is 0.496 e. The lowest BCUT2D eigenvalue weighted by atomic mass is 9.76. The molecule has 0 saturated carbocycles. The highest BCUT2D eigenvalue weighted by Gasteiger charge is 2.50. The van der Waals surface area contributed by atoms with Crippen molar-refractivity contribution in [1.82, 2.24) is 4.90 Å². The van der Waals surface area contributed by atoms with E-state index in [4.69, 9.17) is 14.2 Å². The average molecular weight is 451 g/mol. The molecule has 1 N–H and O–H groups in total. The molecule has 2 bridgehead atoms. The third-order valence-corrected chi connectivity index (χ3v) is 6.01. The molecule has 2 aliphatic rings. The number of ether oxygens (including phenoxy) is 3. The zero-order chi connectivity index (χ0) is 22.9. The van der Waals surface area contributed by atoms with Crippen molar-refractivity contribution in [3.63, 3.8) is 0 Å². The number of nitrogens with zero attached hydrogens (tertiary/aromatic N) is 1. The molecule has 0 radical (unpaired) electrons. The number of benzene rings is 2. The van der Waals surface area contributed by atoms with Crippen LogP contribution >= 0.6 is 0 Å². The molecule has 4 rings (SSSR count). The summed E-state index contributed by atoms with van der Waals surface area (Å²) in [6, 6.07) is 11.8. The van der Waals surface area contributed by atoms with Crippen molar-refractivity contribution < 1.29 is 37.3 Å². The van der Waals surface area contributed by atoms with Gasteiger partial charge in [-0.1, -0.05) is 36.4 Å². The van der Waals surface area contributed by atoms with Crippen molar-refractivity contribution in [3.8, 4) is 5.75 Å². The lowest BCUT2D eigenvalue weighted by Gasteiger charge is -2.51. The fourth-order valence-corrected chi connectivity index (χ4v) is 4.52. The van der Waals surface area contributed by atoms with Crippen LogP contribution in [0.1, 0.15) is 29.5 Å². The Morgan fingerprint density at radius 1 is 1.16 bits per heavy atom. The normalized spacial score (nSPS) is 25.3. The van der Waals surface area contributed by atoms with Gasteiger partial charge in [0.25, 0.3) is 0 Å². The molecule has 9 heteroatoms. The van der Waals surface area contributed by atoms with Crippen molar-refractivity contribution in [2.24, 2.45) is 0 Å². The van der Waals surface area contributed by atoms with Crippen molar-refractivity contribution in [2.45, 2.75) is 43.3 Å². The monoisotopic (exact) mass is 451 g/mol. The van der Waals surface area contributed by atoms with Gasteiger partial charge in [0.1, 0.15) is 12.4 Å². The van der Waals surface area contributed by atoms with E-state index in [9.17, 15) is 23.1 Å². The number of amides is 1. The lowest BCUT2D eigenvalue weighted by Crippen LogP contribution is -2.62. The van der Waals surface area contributed by atoms with E-state index in [0.717, 1.165) is 11.6 Å². The number of aliphatic hydroxyl groups is 1. The van der Waals surface area contributed by atoms with E-state index in [-0.39, 0.29) is 44.0 Å². The van der Waals surface area contributed by atoms with Gasteiger partial charge in [-0.3, -0.25) is 4.90 Å². The van der Waals surface area contributed by atoms with E-state index in [0.29, 0.717) is 0 Å². The SMILES string of the molecule is COc1ccc(C2(O)CC3COCC(C2)N3C(=O)OCc2ccccc2)cc1C(F)(F)F. The molecule has 2 aliphatic heterocycles. The zero-order valence-corrected chi connectivity index (χ0v) is 17.5. The molecule has 2 aromatic rings.